The van der Waals surface area contributed by atoms with Crippen molar-refractivity contribution in [3.05, 3.63) is 69.5 Å². The minimum Gasteiger partial charge on any atom is -0.391 e. The van der Waals surface area contributed by atoms with Gasteiger partial charge in [-0.15, -0.1) is 0 Å². The van der Waals surface area contributed by atoms with Crippen molar-refractivity contribution < 1.29 is 14.7 Å². The summed E-state index contributed by atoms with van der Waals surface area (Å²) in [7, 11) is 0. The average molecular weight is 391 g/mol. The summed E-state index contributed by atoms with van der Waals surface area (Å²) < 4.78 is 0. The predicted octanol–water partition coefficient (Wildman–Crippen LogP) is 2.47. The Balaban J connectivity index is 1.68. The number of hydrogen-bond donors (Lipinski definition) is 3. The first-order valence-electron chi connectivity index (χ1n) is 9.42. The number of aryl methyl sites for hydroxylation is 1. The van der Waals surface area contributed by atoms with Crippen LogP contribution in [0.3, 0.4) is 0 Å². The topological polar surface area (TPSA) is 102 Å². The lowest BCUT2D eigenvalue weighted by Gasteiger charge is -2.21. The van der Waals surface area contributed by atoms with Crippen LogP contribution in [0.25, 0.3) is 10.9 Å². The number of carbonyl (C=O) groups excluding carboxylic acids is 2. The van der Waals surface area contributed by atoms with Gasteiger partial charge in [-0.2, -0.15) is 0 Å². The smallest absolute Gasteiger partial charge is 0.257 e. The van der Waals surface area contributed by atoms with Gasteiger partial charge in [-0.3, -0.25) is 14.4 Å². The quantitative estimate of drug-likeness (QED) is 0.593. The van der Waals surface area contributed by atoms with Crippen LogP contribution in [0.15, 0.2) is 47.3 Å². The first-order chi connectivity index (χ1) is 13.9. The van der Waals surface area contributed by atoms with Crippen molar-refractivity contribution in [3.8, 4) is 0 Å². The van der Waals surface area contributed by atoms with Crippen LogP contribution in [0.1, 0.15) is 32.7 Å². The molecule has 3 aromatic rings. The first-order valence-corrected chi connectivity index (χ1v) is 9.42. The minimum absolute atomic E-state index is 0.171. The molecule has 1 aromatic heterocycles. The van der Waals surface area contributed by atoms with Crippen LogP contribution in [0, 0.1) is 6.92 Å². The molecule has 2 aromatic carbocycles. The van der Waals surface area contributed by atoms with Crippen LogP contribution < -0.4 is 15.8 Å². The summed E-state index contributed by atoms with van der Waals surface area (Å²) >= 11 is 0. The number of aromatic amines is 1. The van der Waals surface area contributed by atoms with E-state index in [0.717, 1.165) is 10.9 Å². The highest BCUT2D eigenvalue weighted by molar-refractivity contribution is 6.09. The maximum Gasteiger partial charge on any atom is 0.257 e. The fourth-order valence-corrected chi connectivity index (χ4v) is 3.74. The number of aliphatic hydroxyl groups excluding tert-OH is 1. The number of rotatable bonds is 4. The van der Waals surface area contributed by atoms with Crippen LogP contribution in [0.4, 0.5) is 11.4 Å². The van der Waals surface area contributed by atoms with Gasteiger partial charge in [-0.1, -0.05) is 0 Å². The van der Waals surface area contributed by atoms with E-state index in [4.69, 9.17) is 0 Å². The molecule has 2 heterocycles. The highest BCUT2D eigenvalue weighted by Crippen LogP contribution is 2.27. The number of aromatic nitrogens is 1. The number of anilines is 2. The van der Waals surface area contributed by atoms with Crippen LogP contribution >= 0.6 is 0 Å². The second kappa shape index (κ2) is 7.52. The number of β-amino-alcohol motifs (C(OH)–C–C–N with tert-alkyl or cyclic N) is 1. The van der Waals surface area contributed by atoms with E-state index in [9.17, 15) is 19.5 Å². The molecule has 1 aliphatic heterocycles. The minimum atomic E-state index is -0.428. The van der Waals surface area contributed by atoms with E-state index in [1.165, 1.54) is 6.07 Å². The Labute approximate surface area is 167 Å². The number of nitrogens with zero attached hydrogens (tertiary/aromatic N) is 1. The third-order valence-corrected chi connectivity index (χ3v) is 5.21. The van der Waals surface area contributed by atoms with E-state index in [0.29, 0.717) is 53.8 Å². The highest BCUT2D eigenvalue weighted by Gasteiger charge is 2.24. The molecule has 0 saturated carbocycles. The maximum atomic E-state index is 13.0. The average Bonchev–Trinajstić information content (AvgIpc) is 3.14. The van der Waals surface area contributed by atoms with Crippen LogP contribution in [-0.4, -0.2) is 41.5 Å². The number of carbonyl (C=O) groups is 2. The monoisotopic (exact) mass is 391 g/mol. The van der Waals surface area contributed by atoms with Crippen molar-refractivity contribution in [2.75, 3.05) is 23.3 Å². The second-order valence-electron chi connectivity index (χ2n) is 7.31. The molecule has 1 aliphatic rings. The number of aldehydes is 1. The molecule has 29 heavy (non-hydrogen) atoms. The summed E-state index contributed by atoms with van der Waals surface area (Å²) in [5.74, 6) is -0.341. The molecule has 7 nitrogen and oxygen atoms in total. The second-order valence-corrected chi connectivity index (χ2v) is 7.31. The Hall–Kier alpha value is -3.45. The third-order valence-electron chi connectivity index (χ3n) is 5.21. The van der Waals surface area contributed by atoms with E-state index in [1.54, 1.807) is 36.4 Å². The lowest BCUT2D eigenvalue weighted by atomic mass is 10.1. The lowest BCUT2D eigenvalue weighted by molar-refractivity contribution is 0.102. The Kier molecular flexibility index (Phi) is 4.90. The van der Waals surface area contributed by atoms with Crippen LogP contribution in [0.2, 0.25) is 0 Å². The fraction of sp³-hybridized carbons (Fsp3) is 0.227. The van der Waals surface area contributed by atoms with Crippen molar-refractivity contribution in [2.24, 2.45) is 0 Å². The highest BCUT2D eigenvalue weighted by atomic mass is 16.3. The van der Waals surface area contributed by atoms with Gasteiger partial charge in [-0.25, -0.2) is 0 Å². The number of hydrogen-bond acceptors (Lipinski definition) is 5. The standard InChI is InChI=1S/C22H21N3O4/c1-13-8-21(28)24-19-4-3-15(10-17(13)19)23-22(29)18-9-14(12-26)2-5-20(18)25-7-6-16(27)11-25/h2-5,8-10,12,16,27H,6-7,11H2,1H3,(H,23,29)(H,24,28). The lowest BCUT2D eigenvalue weighted by Crippen LogP contribution is -2.25. The molecular formula is C22H21N3O4. The molecule has 1 fully saturated rings. The van der Waals surface area contributed by atoms with Crippen molar-refractivity contribution in [1.82, 2.24) is 4.98 Å². The number of nitrogens with one attached hydrogen (secondary N) is 2. The summed E-state index contributed by atoms with van der Waals surface area (Å²) in [6, 6.07) is 11.8. The van der Waals surface area contributed by atoms with Crippen molar-refractivity contribution in [3.63, 3.8) is 0 Å². The largest absolute Gasteiger partial charge is 0.391 e. The number of fused-ring (bicyclic) bond motifs is 1. The third kappa shape index (κ3) is 3.77. The summed E-state index contributed by atoms with van der Waals surface area (Å²) in [4.78, 5) is 40.6. The molecule has 0 spiro atoms. The number of aliphatic hydroxyl groups is 1. The Morgan fingerprint density at radius 1 is 1.24 bits per heavy atom. The molecule has 0 bridgehead atoms. The zero-order valence-corrected chi connectivity index (χ0v) is 15.9. The van der Waals surface area contributed by atoms with Gasteiger partial charge < -0.3 is 20.3 Å². The van der Waals surface area contributed by atoms with Crippen molar-refractivity contribution in [1.29, 1.82) is 0 Å². The molecule has 148 valence electrons. The fourth-order valence-electron chi connectivity index (χ4n) is 3.74. The maximum absolute atomic E-state index is 13.0. The van der Waals surface area contributed by atoms with Crippen LogP contribution in [0.5, 0.6) is 0 Å². The number of amides is 1. The van der Waals surface area contributed by atoms with E-state index in [2.05, 4.69) is 10.3 Å². The number of pyridine rings is 1. The van der Waals surface area contributed by atoms with Gasteiger partial charge in [0.05, 0.1) is 11.7 Å². The van der Waals surface area contributed by atoms with Gasteiger partial charge in [0.1, 0.15) is 6.29 Å². The zero-order chi connectivity index (χ0) is 20.5. The van der Waals surface area contributed by atoms with E-state index in [1.807, 2.05) is 11.8 Å². The van der Waals surface area contributed by atoms with Gasteiger partial charge in [0.25, 0.3) is 5.91 Å². The summed E-state index contributed by atoms with van der Waals surface area (Å²) in [5.41, 5.74) is 3.40. The van der Waals surface area contributed by atoms with Gasteiger partial charge in [0.15, 0.2) is 0 Å². The van der Waals surface area contributed by atoms with Gasteiger partial charge in [0.2, 0.25) is 5.56 Å². The van der Waals surface area contributed by atoms with Crippen molar-refractivity contribution in [2.45, 2.75) is 19.4 Å². The molecule has 1 saturated heterocycles. The molecule has 1 unspecified atom stereocenters. The molecule has 3 N–H and O–H groups in total. The van der Waals surface area contributed by atoms with E-state index >= 15 is 0 Å². The van der Waals surface area contributed by atoms with Crippen LogP contribution in [-0.2, 0) is 0 Å². The Morgan fingerprint density at radius 2 is 2.07 bits per heavy atom. The Morgan fingerprint density at radius 3 is 2.79 bits per heavy atom. The number of H-pyrrole nitrogens is 1. The van der Waals surface area contributed by atoms with Gasteiger partial charge in [-0.05, 0) is 55.3 Å². The molecule has 4 rings (SSSR count). The van der Waals surface area contributed by atoms with E-state index in [-0.39, 0.29) is 11.5 Å². The first kappa shape index (κ1) is 18.9. The molecular weight excluding hydrogens is 370 g/mol. The molecule has 0 aliphatic carbocycles. The summed E-state index contributed by atoms with van der Waals surface area (Å²) in [6.45, 7) is 2.93. The zero-order valence-electron chi connectivity index (χ0n) is 15.9. The molecule has 1 amide bonds. The molecule has 1 atom stereocenters. The normalized spacial score (nSPS) is 16.2. The SMILES string of the molecule is Cc1cc(=O)[nH]c2ccc(NC(=O)c3cc(C=O)ccc3N3CCC(O)C3)cc12. The molecule has 7 heteroatoms. The Bertz CT molecular complexity index is 1170. The van der Waals surface area contributed by atoms with Gasteiger partial charge in [0, 0.05) is 47.0 Å². The number of benzene rings is 2. The predicted molar refractivity (Wildman–Crippen MR) is 112 cm³/mol. The summed E-state index contributed by atoms with van der Waals surface area (Å²) in [6.07, 6.45) is 0.913. The van der Waals surface area contributed by atoms with Crippen molar-refractivity contribution >= 4 is 34.5 Å². The van der Waals surface area contributed by atoms with Gasteiger partial charge >= 0.3 is 0 Å². The molecule has 0 radical (unpaired) electrons. The van der Waals surface area contributed by atoms with E-state index < -0.39 is 6.10 Å². The summed E-state index contributed by atoms with van der Waals surface area (Å²) in [5, 5.41) is 13.6.